The molecule has 0 N–H and O–H groups in total. The van der Waals surface area contributed by atoms with Crippen molar-refractivity contribution < 1.29 is 41.7 Å². The van der Waals surface area contributed by atoms with Gasteiger partial charge in [-0.05, 0) is 24.3 Å². The van der Waals surface area contributed by atoms with Gasteiger partial charge in [0.1, 0.15) is 0 Å². The normalized spacial score (nSPS) is 7.38. The summed E-state index contributed by atoms with van der Waals surface area (Å²) in [6, 6.07) is 11.4. The van der Waals surface area contributed by atoms with E-state index in [9.17, 15) is 0 Å². The molecule has 0 saturated heterocycles. The third kappa shape index (κ3) is 8.02. The van der Waals surface area contributed by atoms with Crippen LogP contribution in [0.25, 0.3) is 0 Å². The second-order valence-corrected chi connectivity index (χ2v) is 2.05. The van der Waals surface area contributed by atoms with E-state index in [0.717, 1.165) is 0 Å². The molecule has 2 heterocycles. The number of aromatic nitrogens is 2. The van der Waals surface area contributed by atoms with Gasteiger partial charge in [-0.1, -0.05) is 12.1 Å². The molecular weight excluding hydrogens is 288 g/mol. The summed E-state index contributed by atoms with van der Waals surface area (Å²) in [5, 5.41) is 0. The summed E-state index contributed by atoms with van der Waals surface area (Å²) in [6.07, 6.45) is 7.00. The second-order valence-electron chi connectivity index (χ2n) is 2.05. The van der Waals surface area contributed by atoms with Gasteiger partial charge < -0.3 is 0 Å². The summed E-state index contributed by atoms with van der Waals surface area (Å²) in [5.74, 6) is 0. The molecule has 0 amide bonds. The Morgan fingerprint density at radius 2 is 0.769 bits per heavy atom. The van der Waals surface area contributed by atoms with Gasteiger partial charge in [0.15, 0.2) is 0 Å². The number of pyridine rings is 2. The van der Waals surface area contributed by atoms with Crippen LogP contribution in [0, 0.1) is 41.7 Å². The standard InChI is InChI=1S/2C5H5N.Ce/c2*1-2-4-6-5-3-1;/h2*1-5H;. The van der Waals surface area contributed by atoms with Crippen molar-refractivity contribution in [3.63, 3.8) is 0 Å². The Morgan fingerprint density at radius 3 is 0.846 bits per heavy atom. The van der Waals surface area contributed by atoms with Gasteiger partial charge in [-0.25, -0.2) is 0 Å². The minimum Gasteiger partial charge on any atom is -0.265 e. The molecule has 2 aromatic rings. The van der Waals surface area contributed by atoms with Crippen LogP contribution in [0.1, 0.15) is 0 Å². The number of hydrogen-bond donors (Lipinski definition) is 0. The maximum absolute atomic E-state index is 3.78. The van der Waals surface area contributed by atoms with E-state index in [2.05, 4.69) is 9.97 Å². The van der Waals surface area contributed by atoms with Gasteiger partial charge >= 0.3 is 0 Å². The molecule has 2 rings (SSSR count). The molecule has 0 aliphatic heterocycles. The molecule has 64 valence electrons. The third-order valence-corrected chi connectivity index (χ3v) is 1.13. The summed E-state index contributed by atoms with van der Waals surface area (Å²) in [5.41, 5.74) is 0. The Hall–Kier alpha value is -0.323. The van der Waals surface area contributed by atoms with Crippen LogP contribution >= 0.6 is 0 Å². The molecule has 0 aromatic carbocycles. The molecule has 0 spiro atoms. The van der Waals surface area contributed by atoms with Crippen molar-refractivity contribution in [2.45, 2.75) is 0 Å². The number of nitrogens with zero attached hydrogens (tertiary/aromatic N) is 2. The minimum atomic E-state index is 0. The van der Waals surface area contributed by atoms with E-state index in [-0.39, 0.29) is 41.7 Å². The average molecular weight is 298 g/mol. The van der Waals surface area contributed by atoms with Crippen molar-refractivity contribution in [2.24, 2.45) is 0 Å². The van der Waals surface area contributed by atoms with Gasteiger partial charge in [0.25, 0.3) is 0 Å². The molecule has 0 radical (unpaired) electrons. The molecule has 2 nitrogen and oxygen atoms in total. The van der Waals surface area contributed by atoms with E-state index in [0.29, 0.717) is 0 Å². The Labute approximate surface area is 112 Å². The molecule has 2 aromatic heterocycles. The van der Waals surface area contributed by atoms with Crippen molar-refractivity contribution in [1.29, 1.82) is 0 Å². The topological polar surface area (TPSA) is 25.8 Å². The monoisotopic (exact) mass is 298 g/mol. The van der Waals surface area contributed by atoms with E-state index in [4.69, 9.17) is 0 Å². The summed E-state index contributed by atoms with van der Waals surface area (Å²) in [7, 11) is 0. The smallest absolute Gasteiger partial charge is 0.0267 e. The molecular formula is C10H10CeN2. The molecule has 0 atom stereocenters. The molecule has 0 aliphatic carbocycles. The average Bonchev–Trinajstić information content (AvgIpc) is 2.24. The van der Waals surface area contributed by atoms with Crippen LogP contribution in [0.4, 0.5) is 0 Å². The second kappa shape index (κ2) is 9.76. The van der Waals surface area contributed by atoms with Crippen molar-refractivity contribution in [3.05, 3.63) is 61.2 Å². The van der Waals surface area contributed by atoms with Crippen molar-refractivity contribution in [3.8, 4) is 0 Å². The first-order valence-corrected chi connectivity index (χ1v) is 3.70. The zero-order valence-corrected chi connectivity index (χ0v) is 10.3. The largest absolute Gasteiger partial charge is 0.265 e. The van der Waals surface area contributed by atoms with Crippen LogP contribution in [-0.2, 0) is 0 Å². The summed E-state index contributed by atoms with van der Waals surface area (Å²) in [4.78, 5) is 7.57. The van der Waals surface area contributed by atoms with Crippen LogP contribution in [-0.4, -0.2) is 9.97 Å². The van der Waals surface area contributed by atoms with Gasteiger partial charge in [-0.15, -0.1) is 0 Å². The SMILES string of the molecule is [Ce].c1ccncc1.c1ccncc1. The van der Waals surface area contributed by atoms with E-state index >= 15 is 0 Å². The predicted octanol–water partition coefficient (Wildman–Crippen LogP) is 2.16. The van der Waals surface area contributed by atoms with Gasteiger partial charge in [-0.3, -0.25) is 9.97 Å². The summed E-state index contributed by atoms with van der Waals surface area (Å²) >= 11 is 0. The first kappa shape index (κ1) is 12.7. The van der Waals surface area contributed by atoms with Gasteiger partial charge in [0, 0.05) is 66.5 Å². The van der Waals surface area contributed by atoms with Crippen LogP contribution in [0.15, 0.2) is 61.2 Å². The summed E-state index contributed by atoms with van der Waals surface area (Å²) in [6.45, 7) is 0. The fourth-order valence-corrected chi connectivity index (χ4v) is 0.625. The minimum absolute atomic E-state index is 0. The Balaban J connectivity index is 0.000000206. The first-order chi connectivity index (χ1) is 6.00. The molecule has 0 bridgehead atoms. The molecule has 13 heavy (non-hydrogen) atoms. The van der Waals surface area contributed by atoms with Gasteiger partial charge in [0.05, 0.1) is 0 Å². The van der Waals surface area contributed by atoms with Crippen molar-refractivity contribution in [2.75, 3.05) is 0 Å². The van der Waals surface area contributed by atoms with Gasteiger partial charge in [-0.2, -0.15) is 0 Å². The van der Waals surface area contributed by atoms with Crippen LogP contribution in [0.2, 0.25) is 0 Å². The number of hydrogen-bond acceptors (Lipinski definition) is 2. The maximum Gasteiger partial charge on any atom is 0.0267 e. The van der Waals surface area contributed by atoms with Gasteiger partial charge in [0.2, 0.25) is 0 Å². The molecule has 0 saturated carbocycles. The van der Waals surface area contributed by atoms with E-state index < -0.39 is 0 Å². The fraction of sp³-hybridized carbons (Fsp3) is 0. The van der Waals surface area contributed by atoms with E-state index in [1.165, 1.54) is 0 Å². The van der Waals surface area contributed by atoms with Crippen LogP contribution in [0.3, 0.4) is 0 Å². The number of rotatable bonds is 0. The van der Waals surface area contributed by atoms with Crippen LogP contribution < -0.4 is 0 Å². The Bertz CT molecular complexity index is 188. The molecule has 0 aliphatic rings. The zero-order chi connectivity index (χ0) is 8.49. The van der Waals surface area contributed by atoms with E-state index in [1.807, 2.05) is 36.4 Å². The zero-order valence-electron chi connectivity index (χ0n) is 7.17. The summed E-state index contributed by atoms with van der Waals surface area (Å²) < 4.78 is 0. The fourth-order valence-electron chi connectivity index (χ4n) is 0.625. The molecule has 0 unspecified atom stereocenters. The predicted molar refractivity (Wildman–Crippen MR) is 48.5 cm³/mol. The Kier molecular flexibility index (Phi) is 9.52. The molecule has 3 heteroatoms. The first-order valence-electron chi connectivity index (χ1n) is 3.70. The quantitative estimate of drug-likeness (QED) is 0.745. The maximum atomic E-state index is 3.78. The van der Waals surface area contributed by atoms with Crippen molar-refractivity contribution >= 4 is 0 Å². The molecule has 0 fully saturated rings. The Morgan fingerprint density at radius 1 is 0.462 bits per heavy atom. The van der Waals surface area contributed by atoms with E-state index in [1.54, 1.807) is 24.8 Å². The van der Waals surface area contributed by atoms with Crippen LogP contribution in [0.5, 0.6) is 0 Å². The third-order valence-electron chi connectivity index (χ3n) is 1.13. The van der Waals surface area contributed by atoms with Crippen molar-refractivity contribution in [1.82, 2.24) is 9.97 Å².